The van der Waals surface area contributed by atoms with Crippen LogP contribution in [0.1, 0.15) is 53.0 Å². The predicted octanol–water partition coefficient (Wildman–Crippen LogP) is 4.56. The Bertz CT molecular complexity index is 1820. The van der Waals surface area contributed by atoms with Crippen molar-refractivity contribution < 1.29 is 9.00 Å². The Morgan fingerprint density at radius 2 is 2.00 bits per heavy atom. The fraction of sp³-hybridized carbons (Fsp3) is 0.300. The lowest BCUT2D eigenvalue weighted by molar-refractivity contribution is 0.0979. The van der Waals surface area contributed by atoms with Crippen LogP contribution < -0.4 is 21.3 Å². The molecule has 218 valence electrons. The molecule has 1 aliphatic rings. The van der Waals surface area contributed by atoms with E-state index in [0.29, 0.717) is 34.0 Å². The van der Waals surface area contributed by atoms with Gasteiger partial charge in [-0.25, -0.2) is 14.2 Å². The summed E-state index contributed by atoms with van der Waals surface area (Å²) in [7, 11) is 0.116. The lowest BCUT2D eigenvalue weighted by Crippen LogP contribution is -2.27. The number of aryl methyl sites for hydroxylation is 1. The van der Waals surface area contributed by atoms with E-state index in [4.69, 9.17) is 22.3 Å². The van der Waals surface area contributed by atoms with E-state index in [1.807, 2.05) is 38.1 Å². The van der Waals surface area contributed by atoms with Gasteiger partial charge in [-0.15, -0.1) is 0 Å². The minimum absolute atomic E-state index is 0.00354. The van der Waals surface area contributed by atoms with Crippen LogP contribution in [0.25, 0.3) is 22.3 Å². The maximum absolute atomic E-state index is 13.6. The molecule has 5 rings (SSSR count). The summed E-state index contributed by atoms with van der Waals surface area (Å²) < 4.78 is 15.5. The number of pyridine rings is 1. The summed E-state index contributed by atoms with van der Waals surface area (Å²) in [6.45, 7) is 4.60. The first-order valence-electron chi connectivity index (χ1n) is 13.5. The molecule has 1 fully saturated rings. The zero-order valence-electron chi connectivity index (χ0n) is 23.8. The van der Waals surface area contributed by atoms with Crippen LogP contribution in [0.4, 0.5) is 11.4 Å². The zero-order chi connectivity index (χ0) is 30.1. The standard InChI is InChI=1S/C30H32ClN7O3S/c1-16-11-21(17(2)34-24-9-10-25(31)35-27(24)29(39)37-42(4)41)26-22(12-16)30(40)38(3)28(36-26)19-7-8-23(32)20(13-19)15-33-14-18-5-6-18/h7-13,15,17-18,34H,5-6,14,32H2,1-4H3,(H,37,39). The molecule has 0 aliphatic heterocycles. The maximum Gasteiger partial charge on any atom is 0.283 e. The number of hydrogen-bond donors (Lipinski definition) is 3. The summed E-state index contributed by atoms with van der Waals surface area (Å²) in [6, 6.07) is 12.1. The number of nitrogens with two attached hydrogens (primary N) is 1. The highest BCUT2D eigenvalue weighted by molar-refractivity contribution is 7.82. The first-order valence-corrected chi connectivity index (χ1v) is 15.4. The molecule has 12 heteroatoms. The molecule has 4 N–H and O–H groups in total. The van der Waals surface area contributed by atoms with E-state index in [1.165, 1.54) is 23.7 Å². The van der Waals surface area contributed by atoms with Crippen molar-refractivity contribution in [1.82, 2.24) is 19.3 Å². The van der Waals surface area contributed by atoms with Gasteiger partial charge < -0.3 is 11.1 Å². The van der Waals surface area contributed by atoms with Gasteiger partial charge in [-0.3, -0.25) is 23.9 Å². The Hall–Kier alpha value is -4.09. The van der Waals surface area contributed by atoms with Gasteiger partial charge in [-0.2, -0.15) is 0 Å². The molecule has 2 unspecified atom stereocenters. The number of aromatic nitrogens is 3. The summed E-state index contributed by atoms with van der Waals surface area (Å²) in [5.41, 5.74) is 10.7. The van der Waals surface area contributed by atoms with Crippen molar-refractivity contribution >= 4 is 57.0 Å². The number of aliphatic imine (C=N–C) groups is 1. The van der Waals surface area contributed by atoms with Gasteiger partial charge >= 0.3 is 0 Å². The van der Waals surface area contributed by atoms with Crippen molar-refractivity contribution in [1.29, 1.82) is 0 Å². The number of nitrogens with one attached hydrogen (secondary N) is 2. The van der Waals surface area contributed by atoms with Crippen LogP contribution in [0.5, 0.6) is 0 Å². The SMILES string of the molecule is Cc1cc(C(C)Nc2ccc(Cl)nc2C(=O)NS(C)=O)c2nc(-c3ccc(N)c(C=NCC4CC4)c3)n(C)c(=O)c2c1. The number of carbonyl (C=O) groups is 1. The van der Waals surface area contributed by atoms with Gasteiger partial charge in [0.25, 0.3) is 11.5 Å². The number of fused-ring (bicyclic) bond motifs is 1. The van der Waals surface area contributed by atoms with Crippen molar-refractivity contribution in [3.8, 4) is 11.4 Å². The van der Waals surface area contributed by atoms with E-state index in [2.05, 4.69) is 20.0 Å². The average molecular weight is 606 g/mol. The lowest BCUT2D eigenvalue weighted by Gasteiger charge is -2.20. The van der Waals surface area contributed by atoms with Crippen LogP contribution in [0.2, 0.25) is 5.15 Å². The smallest absolute Gasteiger partial charge is 0.283 e. The van der Waals surface area contributed by atoms with Gasteiger partial charge in [0, 0.05) is 48.4 Å². The first kappa shape index (κ1) is 29.4. The highest BCUT2D eigenvalue weighted by Gasteiger charge is 2.22. The van der Waals surface area contributed by atoms with Crippen LogP contribution in [-0.4, -0.2) is 43.7 Å². The summed E-state index contributed by atoms with van der Waals surface area (Å²) >= 11 is 6.07. The van der Waals surface area contributed by atoms with Gasteiger partial charge in [0.1, 0.15) is 22.0 Å². The third-order valence-electron chi connectivity index (χ3n) is 7.14. The molecule has 0 bridgehead atoms. The van der Waals surface area contributed by atoms with Gasteiger partial charge in [-0.05, 0) is 74.6 Å². The van der Waals surface area contributed by atoms with E-state index in [9.17, 15) is 13.8 Å². The minimum Gasteiger partial charge on any atom is -0.398 e. The van der Waals surface area contributed by atoms with Crippen molar-refractivity contribution in [2.75, 3.05) is 23.9 Å². The normalized spacial score (nSPS) is 14.7. The number of nitrogens with zero attached hydrogens (tertiary/aromatic N) is 4. The number of hydrogen-bond acceptors (Lipinski definition) is 8. The van der Waals surface area contributed by atoms with E-state index < -0.39 is 22.9 Å². The molecule has 42 heavy (non-hydrogen) atoms. The number of nitrogen functional groups attached to an aromatic ring is 1. The van der Waals surface area contributed by atoms with Crippen molar-refractivity contribution in [2.24, 2.45) is 18.0 Å². The Balaban J connectivity index is 1.57. The predicted molar refractivity (Wildman–Crippen MR) is 170 cm³/mol. The maximum atomic E-state index is 13.6. The quantitative estimate of drug-likeness (QED) is 0.144. The van der Waals surface area contributed by atoms with Crippen LogP contribution in [0, 0.1) is 12.8 Å². The summed E-state index contributed by atoms with van der Waals surface area (Å²) in [6.07, 6.45) is 5.58. The van der Waals surface area contributed by atoms with Crippen molar-refractivity contribution in [3.05, 3.63) is 80.4 Å². The number of amides is 1. The highest BCUT2D eigenvalue weighted by atomic mass is 35.5. The fourth-order valence-corrected chi connectivity index (χ4v) is 5.29. The van der Waals surface area contributed by atoms with E-state index >= 15 is 0 Å². The summed E-state index contributed by atoms with van der Waals surface area (Å²) in [5.74, 6) is 0.521. The number of halogens is 1. The van der Waals surface area contributed by atoms with E-state index in [-0.39, 0.29) is 16.4 Å². The third kappa shape index (κ3) is 6.37. The molecule has 2 heterocycles. The molecule has 1 aliphatic carbocycles. The monoisotopic (exact) mass is 605 g/mol. The molecule has 0 radical (unpaired) electrons. The molecule has 4 aromatic rings. The van der Waals surface area contributed by atoms with Gasteiger partial charge in [0.15, 0.2) is 5.69 Å². The molecule has 2 atom stereocenters. The second-order valence-electron chi connectivity index (χ2n) is 10.6. The molecule has 2 aromatic carbocycles. The Labute approximate surface area is 251 Å². The van der Waals surface area contributed by atoms with Gasteiger partial charge in [0.05, 0.1) is 22.6 Å². The number of carbonyl (C=O) groups excluding carboxylic acids is 1. The van der Waals surface area contributed by atoms with Crippen LogP contribution in [0.3, 0.4) is 0 Å². The Morgan fingerprint density at radius 3 is 2.71 bits per heavy atom. The largest absolute Gasteiger partial charge is 0.398 e. The molecule has 0 saturated heterocycles. The van der Waals surface area contributed by atoms with E-state index in [1.54, 1.807) is 31.5 Å². The topological polar surface area (TPSA) is 144 Å². The molecular weight excluding hydrogens is 574 g/mol. The minimum atomic E-state index is -1.59. The number of rotatable bonds is 9. The van der Waals surface area contributed by atoms with E-state index in [0.717, 1.165) is 28.8 Å². The van der Waals surface area contributed by atoms with Gasteiger partial charge in [-0.1, -0.05) is 17.7 Å². The van der Waals surface area contributed by atoms with Crippen LogP contribution in [0.15, 0.2) is 52.3 Å². The van der Waals surface area contributed by atoms with Crippen LogP contribution in [-0.2, 0) is 18.0 Å². The molecule has 0 spiro atoms. The Kier molecular flexibility index (Phi) is 8.42. The average Bonchev–Trinajstić information content (AvgIpc) is 3.77. The third-order valence-corrected chi connectivity index (χ3v) is 7.82. The second-order valence-corrected chi connectivity index (χ2v) is 12.1. The van der Waals surface area contributed by atoms with Gasteiger partial charge in [0.2, 0.25) is 0 Å². The Morgan fingerprint density at radius 1 is 1.24 bits per heavy atom. The molecule has 10 nitrogen and oxygen atoms in total. The lowest BCUT2D eigenvalue weighted by atomic mass is 10.00. The highest BCUT2D eigenvalue weighted by Crippen LogP contribution is 2.31. The molecule has 1 amide bonds. The van der Waals surface area contributed by atoms with Crippen molar-refractivity contribution in [3.63, 3.8) is 0 Å². The number of benzene rings is 2. The fourth-order valence-electron chi connectivity index (χ4n) is 4.78. The number of anilines is 2. The molecule has 2 aromatic heterocycles. The zero-order valence-corrected chi connectivity index (χ0v) is 25.3. The molecular formula is C30H32ClN7O3S. The second kappa shape index (κ2) is 12.0. The van der Waals surface area contributed by atoms with Crippen molar-refractivity contribution in [2.45, 2.75) is 32.7 Å². The summed E-state index contributed by atoms with van der Waals surface area (Å²) in [4.78, 5) is 40.0. The molecule has 1 saturated carbocycles. The summed E-state index contributed by atoms with van der Waals surface area (Å²) in [5, 5.41) is 3.91. The van der Waals surface area contributed by atoms with Crippen LogP contribution >= 0.6 is 11.6 Å². The first-order chi connectivity index (χ1) is 20.0.